The van der Waals surface area contributed by atoms with Crippen LogP contribution >= 0.6 is 0 Å². The highest BCUT2D eigenvalue weighted by molar-refractivity contribution is 7.89. The smallest absolute Gasteiger partial charge is 0.280 e. The summed E-state index contributed by atoms with van der Waals surface area (Å²) in [7, 11) is -3.78. The van der Waals surface area contributed by atoms with Crippen LogP contribution in [0.5, 0.6) is 0 Å². The number of hydrogen-bond donors (Lipinski definition) is 1. The summed E-state index contributed by atoms with van der Waals surface area (Å²) >= 11 is 0. The number of primary sulfonamides is 1. The van der Waals surface area contributed by atoms with E-state index in [0.29, 0.717) is 22.7 Å². The summed E-state index contributed by atoms with van der Waals surface area (Å²) < 4.78 is 27.8. The molecular formula is C17H15N3O4S. The number of hydrogen-bond acceptors (Lipinski definition) is 5. The van der Waals surface area contributed by atoms with Crippen LogP contribution < -0.4 is 10.1 Å². The number of furan rings is 1. The Morgan fingerprint density at radius 3 is 2.52 bits per heavy atom. The molecule has 2 N–H and O–H groups in total. The average molecular weight is 357 g/mol. The molecule has 8 heteroatoms. The van der Waals surface area contributed by atoms with E-state index in [9.17, 15) is 13.2 Å². The standard InChI is InChI=1S/C17H15N3O4S/c1-12-16(6-2-4-14-5-3-11-24-14)17(21)20(19-12)13-7-9-15(10-8-13)25(18,22)23/h2-11H,1H3,(H2,18,22,23)/b4-2-,16-6+. The van der Waals surface area contributed by atoms with Crippen LogP contribution in [0.2, 0.25) is 0 Å². The van der Waals surface area contributed by atoms with Crippen molar-refractivity contribution in [2.45, 2.75) is 11.8 Å². The zero-order chi connectivity index (χ0) is 18.0. The summed E-state index contributed by atoms with van der Waals surface area (Å²) in [6.07, 6.45) is 6.66. The number of carbonyl (C=O) groups is 1. The largest absolute Gasteiger partial charge is 0.465 e. The lowest BCUT2D eigenvalue weighted by Gasteiger charge is -2.11. The third kappa shape index (κ3) is 3.59. The van der Waals surface area contributed by atoms with Crippen LogP contribution in [-0.4, -0.2) is 20.0 Å². The molecule has 0 unspecified atom stereocenters. The second kappa shape index (κ2) is 6.50. The summed E-state index contributed by atoms with van der Waals surface area (Å²) in [5.74, 6) is 0.372. The predicted molar refractivity (Wildman–Crippen MR) is 94.2 cm³/mol. The number of sulfonamides is 1. The first-order chi connectivity index (χ1) is 11.9. The van der Waals surface area contributed by atoms with Crippen LogP contribution in [0.1, 0.15) is 12.7 Å². The molecule has 25 heavy (non-hydrogen) atoms. The molecule has 1 amide bonds. The first-order valence-corrected chi connectivity index (χ1v) is 8.85. The van der Waals surface area contributed by atoms with Crippen molar-refractivity contribution in [1.82, 2.24) is 0 Å². The maximum absolute atomic E-state index is 12.5. The van der Waals surface area contributed by atoms with Crippen molar-refractivity contribution >= 4 is 33.4 Å². The van der Waals surface area contributed by atoms with Crippen LogP contribution in [0, 0.1) is 0 Å². The van der Waals surface area contributed by atoms with E-state index in [1.165, 1.54) is 29.3 Å². The topological polar surface area (TPSA) is 106 Å². The molecular weight excluding hydrogens is 342 g/mol. The van der Waals surface area contributed by atoms with Crippen molar-refractivity contribution < 1.29 is 17.6 Å². The molecule has 2 heterocycles. The Hall–Kier alpha value is -2.97. The lowest BCUT2D eigenvalue weighted by Crippen LogP contribution is -2.21. The molecule has 0 atom stereocenters. The molecule has 1 aliphatic rings. The van der Waals surface area contributed by atoms with Crippen LogP contribution in [-0.2, 0) is 14.8 Å². The van der Waals surface area contributed by atoms with Crippen molar-refractivity contribution in [2.24, 2.45) is 10.2 Å². The summed E-state index contributed by atoms with van der Waals surface area (Å²) in [4.78, 5) is 12.5. The first-order valence-electron chi connectivity index (χ1n) is 7.31. The lowest BCUT2D eigenvalue weighted by atomic mass is 10.1. The van der Waals surface area contributed by atoms with E-state index in [4.69, 9.17) is 9.56 Å². The van der Waals surface area contributed by atoms with Gasteiger partial charge >= 0.3 is 0 Å². The molecule has 1 aromatic carbocycles. The SMILES string of the molecule is CC1=NN(c2ccc(S(N)(=O)=O)cc2)C(=O)/C1=C/C=C\c1ccco1. The van der Waals surface area contributed by atoms with Gasteiger partial charge in [0.1, 0.15) is 5.76 Å². The third-order valence-corrected chi connectivity index (χ3v) is 4.47. The Labute approximate surface area is 144 Å². The number of nitrogens with zero attached hydrogens (tertiary/aromatic N) is 2. The number of carbonyl (C=O) groups excluding carboxylic acids is 1. The second-order valence-corrected chi connectivity index (χ2v) is 6.86. The maximum atomic E-state index is 12.5. The van der Waals surface area contributed by atoms with Crippen molar-refractivity contribution in [3.05, 3.63) is 66.1 Å². The van der Waals surface area contributed by atoms with E-state index >= 15 is 0 Å². The first kappa shape index (κ1) is 16.9. The number of benzene rings is 1. The molecule has 1 aliphatic heterocycles. The summed E-state index contributed by atoms with van der Waals surface area (Å²) in [6.45, 7) is 1.73. The van der Waals surface area contributed by atoms with Gasteiger partial charge in [0.25, 0.3) is 5.91 Å². The third-order valence-electron chi connectivity index (χ3n) is 3.54. The van der Waals surface area contributed by atoms with Crippen molar-refractivity contribution in [3.63, 3.8) is 0 Å². The molecule has 0 radical (unpaired) electrons. The van der Waals surface area contributed by atoms with Gasteiger partial charge in [0, 0.05) is 0 Å². The highest BCUT2D eigenvalue weighted by Crippen LogP contribution is 2.24. The molecule has 1 aromatic heterocycles. The number of rotatable bonds is 4. The lowest BCUT2D eigenvalue weighted by molar-refractivity contribution is -0.114. The predicted octanol–water partition coefficient (Wildman–Crippen LogP) is 2.29. The van der Waals surface area contributed by atoms with Gasteiger partial charge in [-0.1, -0.05) is 6.08 Å². The molecule has 0 saturated heterocycles. The van der Waals surface area contributed by atoms with E-state index in [1.54, 1.807) is 43.5 Å². The Kier molecular flexibility index (Phi) is 4.39. The molecule has 0 fully saturated rings. The number of hydrazone groups is 1. The monoisotopic (exact) mass is 357 g/mol. The van der Waals surface area contributed by atoms with Gasteiger partial charge in [-0.2, -0.15) is 10.1 Å². The Morgan fingerprint density at radius 1 is 1.20 bits per heavy atom. The number of anilines is 1. The van der Waals surface area contributed by atoms with E-state index in [1.807, 2.05) is 0 Å². The molecule has 2 aromatic rings. The minimum atomic E-state index is -3.78. The molecule has 0 spiro atoms. The zero-order valence-corrected chi connectivity index (χ0v) is 14.1. The normalized spacial score (nSPS) is 16.9. The van der Waals surface area contributed by atoms with Gasteiger partial charge in [0.2, 0.25) is 10.0 Å². The van der Waals surface area contributed by atoms with Gasteiger partial charge in [-0.25, -0.2) is 13.6 Å². The van der Waals surface area contributed by atoms with Gasteiger partial charge in [-0.05, 0) is 55.5 Å². The number of allylic oxidation sites excluding steroid dienone is 2. The van der Waals surface area contributed by atoms with Crippen molar-refractivity contribution in [2.75, 3.05) is 5.01 Å². The highest BCUT2D eigenvalue weighted by atomic mass is 32.2. The van der Waals surface area contributed by atoms with E-state index < -0.39 is 10.0 Å². The van der Waals surface area contributed by atoms with Crippen molar-refractivity contribution in [3.8, 4) is 0 Å². The van der Waals surface area contributed by atoms with Crippen LogP contribution in [0.3, 0.4) is 0 Å². The van der Waals surface area contributed by atoms with E-state index in [2.05, 4.69) is 5.10 Å². The van der Waals surface area contributed by atoms with Crippen LogP contribution in [0.25, 0.3) is 6.08 Å². The van der Waals surface area contributed by atoms with Gasteiger partial charge in [-0.3, -0.25) is 4.79 Å². The maximum Gasteiger partial charge on any atom is 0.280 e. The van der Waals surface area contributed by atoms with Gasteiger partial charge in [-0.15, -0.1) is 0 Å². The molecule has 0 bridgehead atoms. The Morgan fingerprint density at radius 2 is 1.92 bits per heavy atom. The molecule has 0 aliphatic carbocycles. The van der Waals surface area contributed by atoms with Crippen LogP contribution in [0.15, 0.2) is 74.8 Å². The molecule has 3 rings (SSSR count). The summed E-state index contributed by atoms with van der Waals surface area (Å²) in [5, 5.41) is 10.5. The van der Waals surface area contributed by atoms with E-state index in [-0.39, 0.29) is 10.8 Å². The number of nitrogens with two attached hydrogens (primary N) is 1. The molecule has 128 valence electrons. The quantitative estimate of drug-likeness (QED) is 0.847. The fourth-order valence-corrected chi connectivity index (χ4v) is 2.80. The van der Waals surface area contributed by atoms with Gasteiger partial charge in [0.15, 0.2) is 0 Å². The second-order valence-electron chi connectivity index (χ2n) is 5.30. The Balaban J connectivity index is 1.82. The minimum absolute atomic E-state index is 0.0271. The molecule has 0 saturated carbocycles. The average Bonchev–Trinajstić information content (AvgIpc) is 3.17. The fraction of sp³-hybridized carbons (Fsp3) is 0.0588. The molecule has 7 nitrogen and oxygen atoms in total. The van der Waals surface area contributed by atoms with Crippen molar-refractivity contribution in [1.29, 1.82) is 0 Å². The summed E-state index contributed by atoms with van der Waals surface area (Å²) in [5.41, 5.74) is 1.46. The van der Waals surface area contributed by atoms with Gasteiger partial charge < -0.3 is 4.42 Å². The number of amides is 1. The van der Waals surface area contributed by atoms with Crippen LogP contribution in [0.4, 0.5) is 5.69 Å². The van der Waals surface area contributed by atoms with E-state index in [0.717, 1.165) is 0 Å². The zero-order valence-electron chi connectivity index (χ0n) is 13.3. The Bertz CT molecular complexity index is 985. The minimum Gasteiger partial charge on any atom is -0.465 e. The summed E-state index contributed by atoms with van der Waals surface area (Å²) in [6, 6.07) is 9.20. The highest BCUT2D eigenvalue weighted by Gasteiger charge is 2.28. The fourth-order valence-electron chi connectivity index (χ4n) is 2.29. The van der Waals surface area contributed by atoms with Gasteiger partial charge in [0.05, 0.1) is 28.1 Å².